The molecule has 0 bridgehead atoms. The molecular formula is C13H12N2O3. The topological polar surface area (TPSA) is 61.3 Å². The van der Waals surface area contributed by atoms with Crippen LogP contribution < -0.4 is 9.47 Å². The van der Waals surface area contributed by atoms with E-state index >= 15 is 0 Å². The first-order valence-electron chi connectivity index (χ1n) is 5.35. The zero-order valence-electron chi connectivity index (χ0n) is 9.87. The molecule has 5 heteroatoms. The fraction of sp³-hybridized carbons (Fsp3) is 0.154. The summed E-state index contributed by atoms with van der Waals surface area (Å²) in [6.07, 6.45) is 3.85. The van der Waals surface area contributed by atoms with E-state index in [0.717, 1.165) is 5.56 Å². The molecule has 0 spiro atoms. The first-order chi connectivity index (χ1) is 8.83. The lowest BCUT2D eigenvalue weighted by Crippen LogP contribution is -2.00. The second-order valence-corrected chi connectivity index (χ2v) is 3.50. The number of aromatic nitrogens is 2. The molecule has 2 aromatic rings. The Kier molecular flexibility index (Phi) is 3.86. The largest absolute Gasteiger partial charge is 0.487 e. The Balaban J connectivity index is 2.04. The molecule has 2 rings (SSSR count). The minimum atomic E-state index is 0.332. The Labute approximate surface area is 104 Å². The Morgan fingerprint density at radius 2 is 2.17 bits per heavy atom. The standard InChI is InChI=1S/C13H12N2O3/c1-17-13-10(3-2-6-14-13)9-18-12-5-4-11(8-16)15-7-12/h2-8H,9H2,1H3. The number of methoxy groups -OCH3 is 1. The summed E-state index contributed by atoms with van der Waals surface area (Å²) in [5, 5.41) is 0. The van der Waals surface area contributed by atoms with Crippen LogP contribution in [0.1, 0.15) is 16.1 Å². The molecule has 0 aliphatic rings. The first kappa shape index (κ1) is 12.0. The van der Waals surface area contributed by atoms with Crippen molar-refractivity contribution in [1.29, 1.82) is 0 Å². The molecule has 2 heterocycles. The minimum Gasteiger partial charge on any atom is -0.487 e. The maximum atomic E-state index is 10.5. The second kappa shape index (κ2) is 5.77. The van der Waals surface area contributed by atoms with E-state index in [1.807, 2.05) is 12.1 Å². The Morgan fingerprint density at radius 1 is 1.28 bits per heavy atom. The second-order valence-electron chi connectivity index (χ2n) is 3.50. The highest BCUT2D eigenvalue weighted by molar-refractivity contribution is 5.71. The first-order valence-corrected chi connectivity index (χ1v) is 5.35. The molecule has 0 aliphatic heterocycles. The molecule has 5 nitrogen and oxygen atoms in total. The van der Waals surface area contributed by atoms with Crippen molar-refractivity contribution < 1.29 is 14.3 Å². The van der Waals surface area contributed by atoms with Crippen LogP contribution in [0.2, 0.25) is 0 Å². The normalized spacial score (nSPS) is 9.83. The Morgan fingerprint density at radius 3 is 2.83 bits per heavy atom. The van der Waals surface area contributed by atoms with Crippen LogP contribution >= 0.6 is 0 Å². The number of nitrogens with zero attached hydrogens (tertiary/aromatic N) is 2. The van der Waals surface area contributed by atoms with Crippen molar-refractivity contribution in [2.75, 3.05) is 7.11 Å². The molecular weight excluding hydrogens is 232 g/mol. The van der Waals surface area contributed by atoms with Gasteiger partial charge in [0, 0.05) is 6.20 Å². The molecule has 0 amide bonds. The van der Waals surface area contributed by atoms with Crippen molar-refractivity contribution in [2.24, 2.45) is 0 Å². The van der Waals surface area contributed by atoms with Crippen LogP contribution in [0.3, 0.4) is 0 Å². The lowest BCUT2D eigenvalue weighted by Gasteiger charge is -2.08. The van der Waals surface area contributed by atoms with E-state index in [9.17, 15) is 4.79 Å². The third kappa shape index (κ3) is 2.82. The van der Waals surface area contributed by atoms with Gasteiger partial charge in [-0.2, -0.15) is 0 Å². The Bertz CT molecular complexity index is 526. The molecule has 0 N–H and O–H groups in total. The minimum absolute atomic E-state index is 0.332. The van der Waals surface area contributed by atoms with Gasteiger partial charge < -0.3 is 9.47 Å². The molecule has 0 aromatic carbocycles. The number of rotatable bonds is 5. The number of hydrogen-bond donors (Lipinski definition) is 0. The van der Waals surface area contributed by atoms with E-state index < -0.39 is 0 Å². The van der Waals surface area contributed by atoms with Gasteiger partial charge in [-0.3, -0.25) is 4.79 Å². The molecule has 0 saturated heterocycles. The van der Waals surface area contributed by atoms with Crippen LogP contribution in [0.25, 0.3) is 0 Å². The van der Waals surface area contributed by atoms with Crippen molar-refractivity contribution >= 4 is 6.29 Å². The van der Waals surface area contributed by atoms with Gasteiger partial charge in [-0.15, -0.1) is 0 Å². The summed E-state index contributed by atoms with van der Waals surface area (Å²) >= 11 is 0. The molecule has 0 saturated carbocycles. The predicted octanol–water partition coefficient (Wildman–Crippen LogP) is 1.88. The van der Waals surface area contributed by atoms with E-state index in [0.29, 0.717) is 30.2 Å². The van der Waals surface area contributed by atoms with Gasteiger partial charge in [0.2, 0.25) is 5.88 Å². The van der Waals surface area contributed by atoms with Crippen molar-refractivity contribution in [3.8, 4) is 11.6 Å². The molecule has 0 aliphatic carbocycles. The molecule has 0 fully saturated rings. The van der Waals surface area contributed by atoms with Crippen LogP contribution in [-0.4, -0.2) is 23.4 Å². The number of ether oxygens (including phenoxy) is 2. The smallest absolute Gasteiger partial charge is 0.219 e. The van der Waals surface area contributed by atoms with Gasteiger partial charge in [0.15, 0.2) is 6.29 Å². The van der Waals surface area contributed by atoms with Crippen molar-refractivity contribution in [3.63, 3.8) is 0 Å². The monoisotopic (exact) mass is 244 g/mol. The fourth-order valence-electron chi connectivity index (χ4n) is 1.43. The number of carbonyl (C=O) groups excluding carboxylic acids is 1. The molecule has 2 aromatic heterocycles. The maximum Gasteiger partial charge on any atom is 0.219 e. The van der Waals surface area contributed by atoms with E-state index in [1.165, 1.54) is 6.20 Å². The van der Waals surface area contributed by atoms with Crippen molar-refractivity contribution in [1.82, 2.24) is 9.97 Å². The third-order valence-electron chi connectivity index (χ3n) is 2.32. The van der Waals surface area contributed by atoms with Gasteiger partial charge in [0.05, 0.1) is 18.9 Å². The highest BCUT2D eigenvalue weighted by Gasteiger charge is 2.04. The van der Waals surface area contributed by atoms with E-state index in [4.69, 9.17) is 9.47 Å². The zero-order valence-corrected chi connectivity index (χ0v) is 9.87. The summed E-state index contributed by atoms with van der Waals surface area (Å²) in [7, 11) is 1.56. The van der Waals surface area contributed by atoms with Crippen LogP contribution in [-0.2, 0) is 6.61 Å². The van der Waals surface area contributed by atoms with Gasteiger partial charge >= 0.3 is 0 Å². The lowest BCUT2D eigenvalue weighted by molar-refractivity contribution is 0.111. The fourth-order valence-corrected chi connectivity index (χ4v) is 1.43. The van der Waals surface area contributed by atoms with E-state index in [-0.39, 0.29) is 0 Å². The molecule has 18 heavy (non-hydrogen) atoms. The van der Waals surface area contributed by atoms with Crippen LogP contribution in [0.5, 0.6) is 11.6 Å². The van der Waals surface area contributed by atoms with Gasteiger partial charge in [0.25, 0.3) is 0 Å². The SMILES string of the molecule is COc1ncccc1COc1ccc(C=O)nc1. The average molecular weight is 244 g/mol. The summed E-state index contributed by atoms with van der Waals surface area (Å²) in [5.41, 5.74) is 1.22. The summed E-state index contributed by atoms with van der Waals surface area (Å²) in [6.45, 7) is 0.332. The number of pyridine rings is 2. The van der Waals surface area contributed by atoms with E-state index in [1.54, 1.807) is 25.4 Å². The molecule has 92 valence electrons. The number of aldehydes is 1. The van der Waals surface area contributed by atoms with Gasteiger partial charge in [-0.05, 0) is 24.3 Å². The Hall–Kier alpha value is -2.43. The highest BCUT2D eigenvalue weighted by Crippen LogP contribution is 2.17. The number of hydrogen-bond acceptors (Lipinski definition) is 5. The zero-order chi connectivity index (χ0) is 12.8. The highest BCUT2D eigenvalue weighted by atomic mass is 16.5. The maximum absolute atomic E-state index is 10.5. The van der Waals surface area contributed by atoms with Crippen molar-refractivity contribution in [3.05, 3.63) is 47.9 Å². The van der Waals surface area contributed by atoms with E-state index in [2.05, 4.69) is 9.97 Å². The molecule has 0 unspecified atom stereocenters. The predicted molar refractivity (Wildman–Crippen MR) is 64.7 cm³/mol. The lowest BCUT2D eigenvalue weighted by atomic mass is 10.3. The summed E-state index contributed by atoms with van der Waals surface area (Å²) in [4.78, 5) is 18.4. The van der Waals surface area contributed by atoms with Gasteiger partial charge in [-0.25, -0.2) is 9.97 Å². The summed E-state index contributed by atoms with van der Waals surface area (Å²) < 4.78 is 10.7. The summed E-state index contributed by atoms with van der Waals surface area (Å²) in [6, 6.07) is 6.98. The van der Waals surface area contributed by atoms with Crippen molar-refractivity contribution in [2.45, 2.75) is 6.61 Å². The van der Waals surface area contributed by atoms with Crippen LogP contribution in [0, 0.1) is 0 Å². The van der Waals surface area contributed by atoms with Gasteiger partial charge in [0.1, 0.15) is 18.1 Å². The quantitative estimate of drug-likeness (QED) is 0.751. The molecule has 0 atom stereocenters. The average Bonchev–Trinajstić information content (AvgIpc) is 2.46. The number of carbonyl (C=O) groups is 1. The molecule has 0 radical (unpaired) electrons. The third-order valence-corrected chi connectivity index (χ3v) is 2.32. The van der Waals surface area contributed by atoms with Gasteiger partial charge in [-0.1, -0.05) is 0 Å². The van der Waals surface area contributed by atoms with Crippen LogP contribution in [0.4, 0.5) is 0 Å². The summed E-state index contributed by atoms with van der Waals surface area (Å²) in [5.74, 6) is 1.13. The van der Waals surface area contributed by atoms with Crippen LogP contribution in [0.15, 0.2) is 36.7 Å².